The summed E-state index contributed by atoms with van der Waals surface area (Å²) < 4.78 is 2.21. The highest BCUT2D eigenvalue weighted by atomic mass is 16.1. The molecule has 0 atom stereocenters. The monoisotopic (exact) mass is 299 g/mol. The van der Waals surface area contributed by atoms with Crippen LogP contribution in [0.15, 0.2) is 18.5 Å². The van der Waals surface area contributed by atoms with E-state index < -0.39 is 5.91 Å². The van der Waals surface area contributed by atoms with Crippen molar-refractivity contribution in [3.63, 3.8) is 0 Å². The summed E-state index contributed by atoms with van der Waals surface area (Å²) in [6.45, 7) is 5.84. The fourth-order valence-corrected chi connectivity index (χ4v) is 3.12. The molecule has 3 rings (SSSR count). The zero-order chi connectivity index (χ0) is 15.9. The van der Waals surface area contributed by atoms with Gasteiger partial charge in [0.2, 0.25) is 0 Å². The van der Waals surface area contributed by atoms with Crippen molar-refractivity contribution in [1.82, 2.24) is 14.5 Å². The number of rotatable bonds is 3. The average Bonchev–Trinajstić information content (AvgIpc) is 2.84. The molecule has 3 heterocycles. The summed E-state index contributed by atoms with van der Waals surface area (Å²) in [7, 11) is 2.08. The third-order valence-electron chi connectivity index (χ3n) is 4.21. The van der Waals surface area contributed by atoms with Crippen molar-refractivity contribution in [1.29, 1.82) is 0 Å². The first-order valence-corrected chi connectivity index (χ1v) is 7.52. The molecular weight excluding hydrogens is 278 g/mol. The molecule has 22 heavy (non-hydrogen) atoms. The van der Waals surface area contributed by atoms with Gasteiger partial charge in [-0.3, -0.25) is 9.78 Å². The number of nitrogens with two attached hydrogens (primary N) is 1. The van der Waals surface area contributed by atoms with E-state index in [4.69, 9.17) is 10.7 Å². The van der Waals surface area contributed by atoms with Gasteiger partial charge in [-0.15, -0.1) is 0 Å². The third-order valence-corrected chi connectivity index (χ3v) is 4.21. The van der Waals surface area contributed by atoms with Crippen molar-refractivity contribution >= 4 is 11.6 Å². The number of fused-ring (bicyclic) bond motifs is 1. The zero-order valence-corrected chi connectivity index (χ0v) is 13.2. The van der Waals surface area contributed by atoms with Gasteiger partial charge in [0.05, 0.1) is 23.5 Å². The van der Waals surface area contributed by atoms with E-state index in [2.05, 4.69) is 35.3 Å². The van der Waals surface area contributed by atoms with Gasteiger partial charge >= 0.3 is 0 Å². The van der Waals surface area contributed by atoms with E-state index in [1.165, 1.54) is 11.9 Å². The Morgan fingerprint density at radius 1 is 1.41 bits per heavy atom. The van der Waals surface area contributed by atoms with E-state index in [1.54, 1.807) is 6.20 Å². The number of nitrogens with zero attached hydrogens (tertiary/aromatic N) is 4. The van der Waals surface area contributed by atoms with Crippen LogP contribution in [0.25, 0.3) is 0 Å². The van der Waals surface area contributed by atoms with Crippen molar-refractivity contribution in [2.24, 2.45) is 12.8 Å². The Hall–Kier alpha value is -2.37. The van der Waals surface area contributed by atoms with E-state index >= 15 is 0 Å². The van der Waals surface area contributed by atoms with Crippen LogP contribution in [0, 0.1) is 0 Å². The number of carbonyl (C=O) groups excluding carboxylic acids is 1. The summed E-state index contributed by atoms with van der Waals surface area (Å²) in [6.07, 6.45) is 4.13. The molecule has 116 valence electrons. The van der Waals surface area contributed by atoms with Gasteiger partial charge in [-0.05, 0) is 6.07 Å². The lowest BCUT2D eigenvalue weighted by atomic mass is 10.1. The first-order chi connectivity index (χ1) is 10.5. The molecule has 1 aliphatic heterocycles. The molecule has 6 nitrogen and oxygen atoms in total. The summed E-state index contributed by atoms with van der Waals surface area (Å²) in [5.41, 5.74) is 9.13. The molecule has 0 radical (unpaired) electrons. The van der Waals surface area contributed by atoms with Crippen LogP contribution in [0.5, 0.6) is 0 Å². The van der Waals surface area contributed by atoms with Crippen molar-refractivity contribution in [2.45, 2.75) is 32.7 Å². The third kappa shape index (κ3) is 2.34. The van der Waals surface area contributed by atoms with Gasteiger partial charge in [0.1, 0.15) is 5.82 Å². The SMILES string of the molecule is CC(C)c1nc2c(n1C)CCN(c1ccncc1C(N)=O)C2. The van der Waals surface area contributed by atoms with Crippen LogP contribution >= 0.6 is 0 Å². The molecule has 0 aliphatic carbocycles. The number of imidazole rings is 1. The van der Waals surface area contributed by atoms with Gasteiger partial charge in [-0.25, -0.2) is 4.98 Å². The van der Waals surface area contributed by atoms with E-state index in [-0.39, 0.29) is 0 Å². The predicted molar refractivity (Wildman–Crippen MR) is 84.8 cm³/mol. The smallest absolute Gasteiger partial charge is 0.252 e. The van der Waals surface area contributed by atoms with Crippen molar-refractivity contribution < 1.29 is 4.79 Å². The molecule has 0 bridgehead atoms. The second-order valence-corrected chi connectivity index (χ2v) is 6.01. The summed E-state index contributed by atoms with van der Waals surface area (Å²) in [4.78, 5) is 22.5. The van der Waals surface area contributed by atoms with Gasteiger partial charge in [0.25, 0.3) is 5.91 Å². The molecule has 0 fully saturated rings. The minimum absolute atomic E-state index is 0.395. The lowest BCUT2D eigenvalue weighted by Crippen LogP contribution is -2.33. The number of pyridine rings is 1. The molecule has 2 aromatic heterocycles. The highest BCUT2D eigenvalue weighted by Gasteiger charge is 2.25. The zero-order valence-electron chi connectivity index (χ0n) is 13.2. The topological polar surface area (TPSA) is 77.0 Å². The van der Waals surface area contributed by atoms with Gasteiger partial charge < -0.3 is 15.2 Å². The normalized spacial score (nSPS) is 14.3. The largest absolute Gasteiger partial charge is 0.365 e. The number of aromatic nitrogens is 3. The van der Waals surface area contributed by atoms with E-state index in [1.807, 2.05) is 6.07 Å². The van der Waals surface area contributed by atoms with Gasteiger partial charge in [0.15, 0.2) is 0 Å². The van der Waals surface area contributed by atoms with Crippen LogP contribution in [-0.4, -0.2) is 27.0 Å². The molecule has 0 saturated carbocycles. The van der Waals surface area contributed by atoms with Gasteiger partial charge in [-0.1, -0.05) is 13.8 Å². The molecule has 0 unspecified atom stereocenters. The average molecular weight is 299 g/mol. The number of primary amides is 1. The maximum absolute atomic E-state index is 11.6. The first-order valence-electron chi connectivity index (χ1n) is 7.52. The number of anilines is 1. The van der Waals surface area contributed by atoms with Crippen LogP contribution in [-0.2, 0) is 20.0 Å². The Bertz CT molecular complexity index is 719. The number of hydrogen-bond acceptors (Lipinski definition) is 4. The molecule has 2 N–H and O–H groups in total. The summed E-state index contributed by atoms with van der Waals surface area (Å²) in [5.74, 6) is 1.06. The highest BCUT2D eigenvalue weighted by molar-refractivity contribution is 5.98. The fraction of sp³-hybridized carbons (Fsp3) is 0.438. The molecule has 2 aromatic rings. The maximum atomic E-state index is 11.6. The first kappa shape index (κ1) is 14.6. The fourth-order valence-electron chi connectivity index (χ4n) is 3.12. The molecule has 6 heteroatoms. The van der Waals surface area contributed by atoms with Crippen LogP contribution in [0.2, 0.25) is 0 Å². The summed E-state index contributed by atoms with van der Waals surface area (Å²) >= 11 is 0. The Morgan fingerprint density at radius 3 is 2.86 bits per heavy atom. The second kappa shape index (κ2) is 5.44. The van der Waals surface area contributed by atoms with Gasteiger partial charge in [0, 0.05) is 44.0 Å². The Kier molecular flexibility index (Phi) is 3.60. The van der Waals surface area contributed by atoms with E-state index in [0.29, 0.717) is 18.0 Å². The molecular formula is C16H21N5O. The predicted octanol–water partition coefficient (Wildman–Crippen LogP) is 1.60. The highest BCUT2D eigenvalue weighted by Crippen LogP contribution is 2.28. The maximum Gasteiger partial charge on any atom is 0.252 e. The van der Waals surface area contributed by atoms with Crippen molar-refractivity contribution in [2.75, 3.05) is 11.4 Å². The molecule has 0 spiro atoms. The Labute approximate surface area is 130 Å². The minimum Gasteiger partial charge on any atom is -0.365 e. The number of carbonyl (C=O) groups is 1. The standard InChI is InChI=1S/C16H21N5O/c1-10(2)16-19-12-9-21(7-5-14(12)20(16)3)13-4-6-18-8-11(13)15(17)22/h4,6,8,10H,5,7,9H2,1-3H3,(H2,17,22). The Balaban J connectivity index is 1.95. The number of hydrogen-bond donors (Lipinski definition) is 1. The van der Waals surface area contributed by atoms with Crippen LogP contribution in [0.4, 0.5) is 5.69 Å². The van der Waals surface area contributed by atoms with Crippen molar-refractivity contribution in [3.8, 4) is 0 Å². The Morgan fingerprint density at radius 2 is 2.18 bits per heavy atom. The minimum atomic E-state index is -0.446. The molecule has 0 aromatic carbocycles. The second-order valence-electron chi connectivity index (χ2n) is 6.01. The number of amides is 1. The summed E-state index contributed by atoms with van der Waals surface area (Å²) in [6, 6.07) is 1.84. The molecule has 1 amide bonds. The van der Waals surface area contributed by atoms with Crippen LogP contribution < -0.4 is 10.6 Å². The lowest BCUT2D eigenvalue weighted by Gasteiger charge is -2.29. The van der Waals surface area contributed by atoms with E-state index in [0.717, 1.165) is 30.2 Å². The quantitative estimate of drug-likeness (QED) is 0.934. The van der Waals surface area contributed by atoms with Crippen LogP contribution in [0.3, 0.4) is 0 Å². The summed E-state index contributed by atoms with van der Waals surface area (Å²) in [5, 5.41) is 0. The van der Waals surface area contributed by atoms with E-state index in [9.17, 15) is 4.79 Å². The van der Waals surface area contributed by atoms with Gasteiger partial charge in [-0.2, -0.15) is 0 Å². The molecule has 1 aliphatic rings. The lowest BCUT2D eigenvalue weighted by molar-refractivity contribution is 0.100. The van der Waals surface area contributed by atoms with Crippen LogP contribution in [0.1, 0.15) is 47.3 Å². The van der Waals surface area contributed by atoms with Crippen molar-refractivity contribution in [3.05, 3.63) is 41.2 Å². The molecule has 0 saturated heterocycles.